The van der Waals surface area contributed by atoms with Crippen molar-refractivity contribution in [1.82, 2.24) is 18.3 Å². The molecule has 0 spiro atoms. The van der Waals surface area contributed by atoms with Crippen molar-refractivity contribution in [3.8, 4) is 0 Å². The van der Waals surface area contributed by atoms with Crippen LogP contribution in [0.15, 0.2) is 74.9 Å². The van der Waals surface area contributed by atoms with Gasteiger partial charge in [-0.3, -0.25) is 0 Å². The van der Waals surface area contributed by atoms with Crippen LogP contribution in [0, 0.1) is 0 Å². The van der Waals surface area contributed by atoms with Crippen LogP contribution >= 0.6 is 0 Å². The fraction of sp³-hybridized carbons (Fsp3) is 0.333. The molecule has 4 aromatic heterocycles. The molecule has 0 saturated heterocycles. The first-order chi connectivity index (χ1) is 18.7. The zero-order chi connectivity index (χ0) is 30.2. The molecule has 4 N–H and O–H groups in total. The highest BCUT2D eigenvalue weighted by molar-refractivity contribution is 5.67. The Balaban J connectivity index is -0.000000235. The largest absolute Gasteiger partial charge is 1.00 e. The molecule has 0 saturated carbocycles. The van der Waals surface area contributed by atoms with E-state index in [9.17, 15) is 19.2 Å². The monoisotopic (exact) mass is 704 g/mol. The number of carboxylic acids is 4. The van der Waals surface area contributed by atoms with Gasteiger partial charge in [-0.05, 0) is 0 Å². The third-order valence-electron chi connectivity index (χ3n) is 4.57. The van der Waals surface area contributed by atoms with E-state index < -0.39 is 23.9 Å². The molecule has 0 fully saturated rings. The Hall–Kier alpha value is -4.12. The summed E-state index contributed by atoms with van der Waals surface area (Å²) in [6.45, 7) is 0.114. The number of aliphatic carboxylic acids is 4. The topological polar surface area (TPSA) is 184 Å². The van der Waals surface area contributed by atoms with Crippen LogP contribution in [0.3, 0.4) is 0 Å². The molecule has 0 aliphatic heterocycles. The predicted octanol–water partition coefficient (Wildman–Crippen LogP) is -14.4. The van der Waals surface area contributed by atoms with Crippen LogP contribution in [-0.4, -0.2) is 62.6 Å². The molecule has 20 heteroatoms. The molecule has 248 valence electrons. The van der Waals surface area contributed by atoms with Crippen LogP contribution < -0.4 is 67.9 Å². The van der Waals surface area contributed by atoms with Crippen molar-refractivity contribution in [1.29, 1.82) is 0 Å². The molecule has 44 heavy (non-hydrogen) atoms. The minimum atomic E-state index is -0.823. The molecule has 4 heterocycles. The summed E-state index contributed by atoms with van der Waals surface area (Å²) in [4.78, 5) is 40.6. The summed E-state index contributed by atoms with van der Waals surface area (Å²) < 4.78 is 13.6. The van der Waals surface area contributed by atoms with Crippen molar-refractivity contribution >= 4 is 23.9 Å². The number of aryl methyl sites for hydroxylation is 4. The molecule has 16 nitrogen and oxygen atoms in total. The number of rotatable bonds is 8. The summed E-state index contributed by atoms with van der Waals surface area (Å²) in [6, 6.07) is 0. The van der Waals surface area contributed by atoms with Gasteiger partial charge in [-0.1, -0.05) is 0 Å². The summed E-state index contributed by atoms with van der Waals surface area (Å²) in [5.74, 6) is -3.29. The fourth-order valence-corrected chi connectivity index (χ4v) is 3.01. The van der Waals surface area contributed by atoms with E-state index in [1.54, 1.807) is 111 Å². The lowest BCUT2D eigenvalue weighted by molar-refractivity contribution is -0.671. The Morgan fingerprint density at radius 2 is 0.591 bits per heavy atom. The van der Waals surface area contributed by atoms with Crippen molar-refractivity contribution in [2.75, 3.05) is 0 Å². The molecule has 0 aliphatic carbocycles. The van der Waals surface area contributed by atoms with E-state index >= 15 is 0 Å². The minimum Gasteiger partial charge on any atom is -1.00 e. The number of carbonyl (C=O) groups is 4. The number of carboxylic acid groups (broad SMARTS) is 4. The van der Waals surface area contributed by atoms with Crippen molar-refractivity contribution in [2.45, 2.75) is 26.2 Å². The normalized spacial score (nSPS) is 8.82. The Labute approximate surface area is 278 Å². The van der Waals surface area contributed by atoms with Crippen molar-refractivity contribution in [2.24, 2.45) is 28.2 Å². The zero-order valence-electron chi connectivity index (χ0n) is 24.3. The number of imidazole rings is 4. The Morgan fingerprint density at radius 3 is 0.682 bits per heavy atom. The molecule has 4 aromatic rings. The standard InChI is InChI=1S/4C6H8N2O2.4ClH/c4*1-7-2-3-8(5-7)4-6(9)10;;;;/h4*2-3,5H,4H2,1H3;4*1H. The molecule has 0 amide bonds. The van der Waals surface area contributed by atoms with E-state index in [1.807, 2.05) is 28.2 Å². The molecule has 4 rings (SSSR count). The average Bonchev–Trinajstić information content (AvgIpc) is 3.60. The van der Waals surface area contributed by atoms with E-state index in [2.05, 4.69) is 0 Å². The second-order valence-electron chi connectivity index (χ2n) is 8.58. The van der Waals surface area contributed by atoms with Crippen LogP contribution in [0.5, 0.6) is 0 Å². The summed E-state index contributed by atoms with van der Waals surface area (Å²) >= 11 is 0. The van der Waals surface area contributed by atoms with Gasteiger partial charge in [0.15, 0.2) is 26.2 Å². The predicted molar refractivity (Wildman–Crippen MR) is 133 cm³/mol. The van der Waals surface area contributed by atoms with E-state index in [-0.39, 0.29) is 75.8 Å². The lowest BCUT2D eigenvalue weighted by Gasteiger charge is -1.85. The molecular formula is C24H36Cl4N8O8. The van der Waals surface area contributed by atoms with Gasteiger partial charge in [-0.15, -0.1) is 0 Å². The molecule has 0 aromatic carbocycles. The van der Waals surface area contributed by atoms with Crippen molar-refractivity contribution in [3.05, 3.63) is 74.9 Å². The van der Waals surface area contributed by atoms with Gasteiger partial charge in [0.25, 0.3) is 0 Å². The fourth-order valence-electron chi connectivity index (χ4n) is 3.01. The number of hydrogen-bond donors (Lipinski definition) is 4. The number of aromatic nitrogens is 8. The zero-order valence-corrected chi connectivity index (χ0v) is 27.3. The molecule has 0 atom stereocenters. The third-order valence-corrected chi connectivity index (χ3v) is 4.57. The Bertz CT molecular complexity index is 1190. The van der Waals surface area contributed by atoms with Crippen LogP contribution in [0.25, 0.3) is 0 Å². The lowest BCUT2D eigenvalue weighted by Crippen LogP contribution is -3.00. The highest BCUT2D eigenvalue weighted by Gasteiger charge is 2.06. The summed E-state index contributed by atoms with van der Waals surface area (Å²) in [6.07, 6.45) is 20.9. The Morgan fingerprint density at radius 1 is 0.432 bits per heavy atom. The maximum atomic E-state index is 10.1. The Kier molecular flexibility index (Phi) is 25.9. The highest BCUT2D eigenvalue weighted by atomic mass is 35.5. The maximum absolute atomic E-state index is 10.1. The van der Waals surface area contributed by atoms with Gasteiger partial charge >= 0.3 is 23.9 Å². The van der Waals surface area contributed by atoms with E-state index in [0.717, 1.165) is 0 Å². The van der Waals surface area contributed by atoms with Gasteiger partial charge in [0, 0.05) is 0 Å². The molecular weight excluding hydrogens is 670 g/mol. The quantitative estimate of drug-likeness (QED) is 0.130. The number of hydrogen-bond acceptors (Lipinski definition) is 4. The van der Waals surface area contributed by atoms with Gasteiger partial charge in [0.2, 0.25) is 25.3 Å². The first-order valence-electron chi connectivity index (χ1n) is 11.6. The molecule has 0 aliphatic rings. The van der Waals surface area contributed by atoms with Crippen LogP contribution in [0.1, 0.15) is 0 Å². The van der Waals surface area contributed by atoms with Crippen LogP contribution in [0.4, 0.5) is 0 Å². The van der Waals surface area contributed by atoms with Gasteiger partial charge in [-0.25, -0.2) is 55.7 Å². The third kappa shape index (κ3) is 22.5. The van der Waals surface area contributed by atoms with Crippen LogP contribution in [-0.2, 0) is 73.5 Å². The highest BCUT2D eigenvalue weighted by Crippen LogP contribution is 1.84. The molecule has 0 bridgehead atoms. The van der Waals surface area contributed by atoms with Gasteiger partial charge in [0.1, 0.15) is 49.6 Å². The maximum Gasteiger partial charge on any atom is 0.346 e. The van der Waals surface area contributed by atoms with Gasteiger partial charge in [-0.2, -0.15) is 0 Å². The molecule has 0 unspecified atom stereocenters. The molecule has 0 radical (unpaired) electrons. The first kappa shape index (κ1) is 46.8. The van der Waals surface area contributed by atoms with Gasteiger partial charge < -0.3 is 70.1 Å². The van der Waals surface area contributed by atoms with Crippen molar-refractivity contribution in [3.63, 3.8) is 0 Å². The number of halogens is 4. The summed E-state index contributed by atoms with van der Waals surface area (Å²) in [7, 11) is 7.38. The van der Waals surface area contributed by atoms with E-state index in [4.69, 9.17) is 20.4 Å². The van der Waals surface area contributed by atoms with Crippen molar-refractivity contribution < 1.29 is 108 Å². The lowest BCUT2D eigenvalue weighted by atomic mass is 10.6. The van der Waals surface area contributed by atoms with E-state index in [0.29, 0.717) is 0 Å². The SMILES string of the molecule is C[n+]1ccn(CC(=O)O)c1.C[n+]1ccn(CC(=O)O)c1.C[n+]1ccn(CC(=O)O)c1.C[n+]1ccn(CC(=O)O)c1.[Cl-].[Cl-].[Cl-].[Cl-]. The minimum absolute atomic E-state index is 0. The first-order valence-corrected chi connectivity index (χ1v) is 11.6. The van der Waals surface area contributed by atoms with Gasteiger partial charge in [0.05, 0.1) is 28.2 Å². The smallest absolute Gasteiger partial charge is 0.346 e. The number of nitrogens with zero attached hydrogens (tertiary/aromatic N) is 8. The van der Waals surface area contributed by atoms with E-state index in [1.165, 1.54) is 0 Å². The average molecular weight is 706 g/mol. The summed E-state index contributed by atoms with van der Waals surface area (Å²) in [5.41, 5.74) is 0. The summed E-state index contributed by atoms with van der Waals surface area (Å²) in [5, 5.41) is 33.4. The van der Waals surface area contributed by atoms with Crippen LogP contribution in [0.2, 0.25) is 0 Å². The second-order valence-corrected chi connectivity index (χ2v) is 8.58. The second kappa shape index (κ2) is 24.3.